The third-order valence-electron chi connectivity index (χ3n) is 6.88. The molecule has 200 valence electrons. The summed E-state index contributed by atoms with van der Waals surface area (Å²) >= 11 is 0. The molecule has 0 unspecified atom stereocenters. The van der Waals surface area contributed by atoms with E-state index in [9.17, 15) is 9.59 Å². The number of hydrogen-bond donors (Lipinski definition) is 3. The number of nitrogens with one attached hydrogen (secondary N) is 2. The number of nitrogen functional groups attached to an aromatic ring is 1. The molecule has 2 atom stereocenters. The quantitative estimate of drug-likeness (QED) is 0.353. The molecule has 7 heteroatoms. The average molecular weight is 498 g/mol. The van der Waals surface area contributed by atoms with E-state index in [-0.39, 0.29) is 31.2 Å². The first-order chi connectivity index (χ1) is 16.8. The molecule has 2 aromatic rings. The first kappa shape index (κ1) is 29.7. The highest BCUT2D eigenvalue weighted by atomic mass is 16.2. The van der Waals surface area contributed by atoms with Gasteiger partial charge in [-0.25, -0.2) is 4.98 Å². The molecule has 3 rings (SSSR count). The Morgan fingerprint density at radius 1 is 1.08 bits per heavy atom. The molecule has 0 spiro atoms. The maximum Gasteiger partial charge on any atom is 0.237 e. The Morgan fingerprint density at radius 3 is 2.56 bits per heavy atom. The average Bonchev–Trinajstić information content (AvgIpc) is 2.84. The van der Waals surface area contributed by atoms with Crippen molar-refractivity contribution in [2.24, 2.45) is 0 Å². The van der Waals surface area contributed by atoms with Crippen molar-refractivity contribution >= 4 is 28.3 Å². The number of likely N-dealkylation sites (tertiary alicyclic amines) is 1. The number of carbonyl (C=O) groups excluding carboxylic acids is 2. The predicted molar refractivity (Wildman–Crippen MR) is 150 cm³/mol. The van der Waals surface area contributed by atoms with Crippen LogP contribution in [0.25, 0.3) is 10.8 Å². The van der Waals surface area contributed by atoms with Crippen molar-refractivity contribution < 1.29 is 9.59 Å². The summed E-state index contributed by atoms with van der Waals surface area (Å²) in [6.07, 6.45) is 9.55. The van der Waals surface area contributed by atoms with E-state index < -0.39 is 6.04 Å². The normalized spacial score (nSPS) is 15.9. The largest absolute Gasteiger partial charge is 0.383 e. The van der Waals surface area contributed by atoms with Gasteiger partial charge < -0.3 is 21.3 Å². The van der Waals surface area contributed by atoms with E-state index in [1.54, 1.807) is 13.1 Å². The smallest absolute Gasteiger partial charge is 0.237 e. The van der Waals surface area contributed by atoms with Crippen LogP contribution in [0.3, 0.4) is 0 Å². The van der Waals surface area contributed by atoms with Crippen molar-refractivity contribution in [2.75, 3.05) is 25.4 Å². The number of amides is 1. The van der Waals surface area contributed by atoms with Crippen LogP contribution < -0.4 is 16.4 Å². The Kier molecular flexibility index (Phi) is 12.3. The van der Waals surface area contributed by atoms with Gasteiger partial charge in [0.15, 0.2) is 5.78 Å². The molecule has 36 heavy (non-hydrogen) atoms. The van der Waals surface area contributed by atoms with Gasteiger partial charge in [0, 0.05) is 24.0 Å². The number of unbranched alkanes of at least 4 members (excludes halogenated alkanes) is 1. The zero-order chi connectivity index (χ0) is 25.2. The summed E-state index contributed by atoms with van der Waals surface area (Å²) in [5.41, 5.74) is 7.00. The van der Waals surface area contributed by atoms with Crippen LogP contribution in [0.15, 0.2) is 30.5 Å². The van der Waals surface area contributed by atoms with Crippen LogP contribution in [-0.4, -0.2) is 59.3 Å². The van der Waals surface area contributed by atoms with E-state index in [4.69, 9.17) is 5.73 Å². The molecule has 1 aliphatic heterocycles. The Labute approximate surface area is 217 Å². The molecule has 0 bridgehead atoms. The minimum absolute atomic E-state index is 0. The van der Waals surface area contributed by atoms with Crippen molar-refractivity contribution in [1.82, 2.24) is 20.5 Å². The van der Waals surface area contributed by atoms with Crippen LogP contribution in [0.4, 0.5) is 5.82 Å². The fraction of sp³-hybridized carbons (Fsp3) is 0.621. The molecule has 2 heterocycles. The number of aromatic nitrogens is 1. The van der Waals surface area contributed by atoms with E-state index in [2.05, 4.69) is 40.4 Å². The van der Waals surface area contributed by atoms with Crippen LogP contribution in [0, 0.1) is 0 Å². The Balaban J connectivity index is 0.00000456. The van der Waals surface area contributed by atoms with Gasteiger partial charge in [-0.15, -0.1) is 0 Å². The number of fused-ring (bicyclic) bond motifs is 1. The zero-order valence-electron chi connectivity index (χ0n) is 21.7. The highest BCUT2D eigenvalue weighted by Gasteiger charge is 2.23. The van der Waals surface area contributed by atoms with Gasteiger partial charge in [0.25, 0.3) is 0 Å². The Bertz CT molecular complexity index is 971. The molecule has 1 amide bonds. The molecular weight excluding hydrogens is 450 g/mol. The van der Waals surface area contributed by atoms with E-state index in [0.29, 0.717) is 18.7 Å². The second-order valence-electron chi connectivity index (χ2n) is 10.2. The SMILES string of the molecule is C.CC(C)N[C@H](CCCCN1CCCCC1)C(=O)N[C@@H](C)C(=O)CCc1ccc2c(N)nccc2c1. The molecule has 7 nitrogen and oxygen atoms in total. The highest BCUT2D eigenvalue weighted by molar-refractivity contribution is 5.92. The molecular formula is C29H47N5O2. The first-order valence-corrected chi connectivity index (χ1v) is 13.3. The van der Waals surface area contributed by atoms with Crippen molar-refractivity contribution in [2.45, 2.75) is 97.7 Å². The topological polar surface area (TPSA) is 100 Å². The highest BCUT2D eigenvalue weighted by Crippen LogP contribution is 2.21. The first-order valence-electron chi connectivity index (χ1n) is 13.3. The number of Topliss-reactive ketones (excluding diaryl/α,β-unsaturated/α-hetero) is 1. The van der Waals surface area contributed by atoms with Gasteiger partial charge in [-0.3, -0.25) is 9.59 Å². The number of hydrogen-bond acceptors (Lipinski definition) is 6. The zero-order valence-corrected chi connectivity index (χ0v) is 21.7. The van der Waals surface area contributed by atoms with Gasteiger partial charge in [0.2, 0.25) is 5.91 Å². The minimum atomic E-state index is -0.507. The lowest BCUT2D eigenvalue weighted by atomic mass is 10.0. The number of aryl methyl sites for hydroxylation is 1. The predicted octanol–water partition coefficient (Wildman–Crippen LogP) is 4.48. The van der Waals surface area contributed by atoms with Gasteiger partial charge in [0.05, 0.1) is 12.1 Å². The Hall–Kier alpha value is -2.51. The van der Waals surface area contributed by atoms with Crippen LogP contribution >= 0.6 is 0 Å². The number of rotatable bonds is 13. The lowest BCUT2D eigenvalue weighted by Gasteiger charge is -2.27. The maximum absolute atomic E-state index is 13.0. The summed E-state index contributed by atoms with van der Waals surface area (Å²) in [5.74, 6) is 0.477. The molecule has 1 aromatic heterocycles. The number of anilines is 1. The molecule has 1 fully saturated rings. The van der Waals surface area contributed by atoms with Crippen molar-refractivity contribution in [3.63, 3.8) is 0 Å². The number of piperidine rings is 1. The third-order valence-corrected chi connectivity index (χ3v) is 6.88. The van der Waals surface area contributed by atoms with Gasteiger partial charge >= 0.3 is 0 Å². The number of nitrogens with two attached hydrogens (primary N) is 1. The van der Waals surface area contributed by atoms with Crippen LogP contribution in [0.5, 0.6) is 0 Å². The fourth-order valence-corrected chi connectivity index (χ4v) is 4.84. The third kappa shape index (κ3) is 9.17. The summed E-state index contributed by atoms with van der Waals surface area (Å²) < 4.78 is 0. The molecule has 1 aliphatic rings. The lowest BCUT2D eigenvalue weighted by molar-refractivity contribution is -0.128. The second-order valence-corrected chi connectivity index (χ2v) is 10.2. The van der Waals surface area contributed by atoms with E-state index in [1.807, 2.05) is 18.2 Å². The number of carbonyl (C=O) groups is 2. The van der Waals surface area contributed by atoms with Gasteiger partial charge in [-0.2, -0.15) is 0 Å². The summed E-state index contributed by atoms with van der Waals surface area (Å²) in [7, 11) is 0. The van der Waals surface area contributed by atoms with Gasteiger partial charge in [-0.05, 0) is 75.7 Å². The van der Waals surface area contributed by atoms with E-state index >= 15 is 0 Å². The number of ketones is 1. The monoisotopic (exact) mass is 497 g/mol. The van der Waals surface area contributed by atoms with E-state index in [0.717, 1.165) is 42.1 Å². The number of benzene rings is 1. The van der Waals surface area contributed by atoms with Crippen molar-refractivity contribution in [1.29, 1.82) is 0 Å². The maximum atomic E-state index is 13.0. The second kappa shape index (κ2) is 14.9. The molecule has 0 radical (unpaired) electrons. The molecule has 1 aromatic carbocycles. The number of nitrogens with zero attached hydrogens (tertiary/aromatic N) is 2. The van der Waals surface area contributed by atoms with Crippen molar-refractivity contribution in [3.8, 4) is 0 Å². The van der Waals surface area contributed by atoms with Gasteiger partial charge in [-0.1, -0.05) is 52.3 Å². The van der Waals surface area contributed by atoms with Gasteiger partial charge in [0.1, 0.15) is 5.82 Å². The van der Waals surface area contributed by atoms with Crippen LogP contribution in [0.1, 0.15) is 78.7 Å². The number of pyridine rings is 1. The molecule has 0 saturated carbocycles. The summed E-state index contributed by atoms with van der Waals surface area (Å²) in [4.78, 5) is 32.4. The molecule has 0 aliphatic carbocycles. The summed E-state index contributed by atoms with van der Waals surface area (Å²) in [5, 5.41) is 8.29. The van der Waals surface area contributed by atoms with E-state index in [1.165, 1.54) is 32.4 Å². The minimum Gasteiger partial charge on any atom is -0.383 e. The fourth-order valence-electron chi connectivity index (χ4n) is 4.84. The molecule has 4 N–H and O–H groups in total. The summed E-state index contributed by atoms with van der Waals surface area (Å²) in [6, 6.07) is 7.35. The molecule has 1 saturated heterocycles. The standard InChI is InChI=1S/C28H43N5O2.CH4/c1-20(2)31-25(9-5-8-18-33-16-6-4-7-17-33)28(35)32-21(3)26(34)13-11-22-10-12-24-23(19-22)14-15-30-27(24)29;/h10,12,14-15,19-21,25,31H,4-9,11,13,16-18H2,1-3H3,(H2,29,30)(H,32,35);1H4/t21-,25+;/m0./s1. The lowest BCUT2D eigenvalue weighted by Crippen LogP contribution is -2.50. The Morgan fingerprint density at radius 2 is 1.83 bits per heavy atom. The van der Waals surface area contributed by atoms with Crippen LogP contribution in [0.2, 0.25) is 0 Å². The van der Waals surface area contributed by atoms with Crippen LogP contribution in [-0.2, 0) is 16.0 Å². The summed E-state index contributed by atoms with van der Waals surface area (Å²) in [6.45, 7) is 9.42. The van der Waals surface area contributed by atoms with Crippen molar-refractivity contribution in [3.05, 3.63) is 36.0 Å².